The molecule has 0 bridgehead atoms. The zero-order valence-corrected chi connectivity index (χ0v) is 18.9. The second-order valence-electron chi connectivity index (χ2n) is 8.55. The molecule has 33 heavy (non-hydrogen) atoms. The third kappa shape index (κ3) is 4.52. The van der Waals surface area contributed by atoms with Crippen molar-refractivity contribution in [1.82, 2.24) is 9.88 Å². The molecule has 0 radical (unpaired) electrons. The number of benzene rings is 3. The molecule has 0 unspecified atom stereocenters. The number of sulfone groups is 1. The second-order valence-corrected chi connectivity index (χ2v) is 10.5. The molecule has 0 atom stereocenters. The van der Waals surface area contributed by atoms with Crippen LogP contribution in [0.4, 0.5) is 0 Å². The van der Waals surface area contributed by atoms with Crippen LogP contribution in [0.5, 0.6) is 0 Å². The van der Waals surface area contributed by atoms with Crippen LogP contribution in [0.1, 0.15) is 21.5 Å². The highest BCUT2D eigenvalue weighted by Gasteiger charge is 2.31. The van der Waals surface area contributed by atoms with Crippen LogP contribution in [-0.4, -0.2) is 37.3 Å². The number of pyridine rings is 1. The molecule has 5 nitrogen and oxygen atoms in total. The van der Waals surface area contributed by atoms with E-state index in [4.69, 9.17) is 0 Å². The number of hydrogen-bond donors (Lipinski definition) is 0. The minimum absolute atomic E-state index is 0.00743. The Morgan fingerprint density at radius 1 is 0.848 bits per heavy atom. The summed E-state index contributed by atoms with van der Waals surface area (Å²) in [5.74, 6) is 0.335. The van der Waals surface area contributed by atoms with Crippen LogP contribution < -0.4 is 0 Å². The minimum Gasteiger partial charge on any atom is -0.338 e. The predicted molar refractivity (Wildman–Crippen MR) is 129 cm³/mol. The number of fused-ring (bicyclic) bond motifs is 1. The maximum absolute atomic E-state index is 13.1. The minimum atomic E-state index is -3.58. The van der Waals surface area contributed by atoms with Gasteiger partial charge in [-0.3, -0.25) is 9.78 Å². The number of para-hydroxylation sites is 1. The molecule has 4 aromatic rings. The van der Waals surface area contributed by atoms with Crippen LogP contribution in [0, 0.1) is 5.92 Å². The van der Waals surface area contributed by atoms with Gasteiger partial charge in [0, 0.05) is 30.2 Å². The van der Waals surface area contributed by atoms with Gasteiger partial charge in [0.2, 0.25) is 0 Å². The number of rotatable bonds is 6. The zero-order chi connectivity index (χ0) is 22.8. The Hall–Kier alpha value is -3.51. The van der Waals surface area contributed by atoms with Gasteiger partial charge in [-0.05, 0) is 47.7 Å². The van der Waals surface area contributed by atoms with E-state index < -0.39 is 9.84 Å². The Bertz CT molecular complexity index is 1390. The highest BCUT2D eigenvalue weighted by Crippen LogP contribution is 2.25. The van der Waals surface area contributed by atoms with E-state index in [-0.39, 0.29) is 16.6 Å². The molecule has 166 valence electrons. The Labute approximate surface area is 193 Å². The topological polar surface area (TPSA) is 67.3 Å². The molecule has 0 aliphatic carbocycles. The summed E-state index contributed by atoms with van der Waals surface area (Å²) in [5.41, 5.74) is 3.00. The Morgan fingerprint density at radius 2 is 1.58 bits per heavy atom. The highest BCUT2D eigenvalue weighted by atomic mass is 32.2. The lowest BCUT2D eigenvalue weighted by molar-refractivity contribution is 0.0501. The van der Waals surface area contributed by atoms with E-state index in [2.05, 4.69) is 17.1 Å². The molecular formula is C27H24N2O3S. The average molecular weight is 457 g/mol. The number of hydrogen-bond acceptors (Lipinski definition) is 4. The first kappa shape index (κ1) is 21.3. The Morgan fingerprint density at radius 3 is 2.33 bits per heavy atom. The molecule has 1 fully saturated rings. The molecule has 1 aliphatic heterocycles. The lowest BCUT2D eigenvalue weighted by Gasteiger charge is -2.39. The molecule has 3 aromatic carbocycles. The summed E-state index contributed by atoms with van der Waals surface area (Å²) in [6.07, 6.45) is 2.58. The summed E-state index contributed by atoms with van der Waals surface area (Å²) in [6, 6.07) is 26.0. The second kappa shape index (κ2) is 8.79. The van der Waals surface area contributed by atoms with Crippen molar-refractivity contribution in [1.29, 1.82) is 0 Å². The third-order valence-corrected chi connectivity index (χ3v) is 7.81. The molecule has 1 aromatic heterocycles. The number of amides is 1. The molecule has 2 heterocycles. The van der Waals surface area contributed by atoms with Gasteiger partial charge in [0.1, 0.15) is 0 Å². The summed E-state index contributed by atoms with van der Waals surface area (Å²) in [4.78, 5) is 19.1. The van der Waals surface area contributed by atoms with E-state index in [0.29, 0.717) is 22.6 Å². The van der Waals surface area contributed by atoms with Crippen LogP contribution in [-0.2, 0) is 22.0 Å². The van der Waals surface area contributed by atoms with Crippen molar-refractivity contribution >= 4 is 26.6 Å². The number of nitrogens with zero attached hydrogens (tertiary/aromatic N) is 2. The maximum atomic E-state index is 13.1. The van der Waals surface area contributed by atoms with E-state index in [9.17, 15) is 13.2 Å². The maximum Gasteiger partial charge on any atom is 0.253 e. The summed E-state index contributed by atoms with van der Waals surface area (Å²) in [6.45, 7) is 1.50. The van der Waals surface area contributed by atoms with Gasteiger partial charge < -0.3 is 4.90 Å². The van der Waals surface area contributed by atoms with E-state index in [1.165, 1.54) is 5.56 Å². The van der Waals surface area contributed by atoms with Gasteiger partial charge in [-0.2, -0.15) is 0 Å². The summed E-state index contributed by atoms with van der Waals surface area (Å²) in [5, 5.41) is 0.791. The lowest BCUT2D eigenvalue weighted by atomic mass is 9.91. The third-order valence-electron chi connectivity index (χ3n) is 6.10. The van der Waals surface area contributed by atoms with E-state index >= 15 is 0 Å². The fraction of sp³-hybridized carbons (Fsp3) is 0.185. The Kier molecular flexibility index (Phi) is 5.68. The van der Waals surface area contributed by atoms with E-state index in [1.807, 2.05) is 35.2 Å². The monoisotopic (exact) mass is 456 g/mol. The number of carbonyl (C=O) groups excluding carboxylic acids is 1. The average Bonchev–Trinajstić information content (AvgIpc) is 2.81. The van der Waals surface area contributed by atoms with Gasteiger partial charge in [0.15, 0.2) is 9.84 Å². The quantitative estimate of drug-likeness (QED) is 0.428. The molecule has 0 N–H and O–H groups in total. The van der Waals surface area contributed by atoms with Crippen LogP contribution in [0.2, 0.25) is 0 Å². The van der Waals surface area contributed by atoms with Crippen LogP contribution in [0.3, 0.4) is 0 Å². The first-order valence-corrected chi connectivity index (χ1v) is 12.6. The van der Waals surface area contributed by atoms with E-state index in [0.717, 1.165) is 24.9 Å². The summed E-state index contributed by atoms with van der Waals surface area (Å²) >= 11 is 0. The fourth-order valence-electron chi connectivity index (χ4n) is 4.36. The van der Waals surface area contributed by atoms with Crippen molar-refractivity contribution in [3.05, 3.63) is 108 Å². The largest absolute Gasteiger partial charge is 0.338 e. The van der Waals surface area contributed by atoms with Crippen LogP contribution in [0.15, 0.2) is 96.0 Å². The normalized spacial score (nSPS) is 14.2. The summed E-state index contributed by atoms with van der Waals surface area (Å²) in [7, 11) is -3.58. The van der Waals surface area contributed by atoms with Crippen molar-refractivity contribution < 1.29 is 13.2 Å². The van der Waals surface area contributed by atoms with Crippen molar-refractivity contribution in [3.8, 4) is 0 Å². The first-order valence-electron chi connectivity index (χ1n) is 11.0. The van der Waals surface area contributed by atoms with Gasteiger partial charge in [-0.15, -0.1) is 0 Å². The molecule has 1 amide bonds. The standard InChI is InChI=1S/C27H24N2O3S/c30-27(29-17-22(18-29)16-20-6-2-1-3-7-20)24-13-11-21(12-14-24)19-33(31,32)25-10-4-8-23-9-5-15-28-26(23)25/h1-15,22H,16-19H2. The van der Waals surface area contributed by atoms with Gasteiger partial charge >= 0.3 is 0 Å². The van der Waals surface area contributed by atoms with Crippen LogP contribution in [0.25, 0.3) is 10.9 Å². The predicted octanol–water partition coefficient (Wildman–Crippen LogP) is 4.52. The fourth-order valence-corrected chi connectivity index (χ4v) is 5.90. The molecular weight excluding hydrogens is 432 g/mol. The lowest BCUT2D eigenvalue weighted by Crippen LogP contribution is -2.50. The molecule has 0 spiro atoms. The van der Waals surface area contributed by atoms with Crippen molar-refractivity contribution in [2.45, 2.75) is 17.1 Å². The molecule has 6 heteroatoms. The first-order chi connectivity index (χ1) is 16.0. The number of aromatic nitrogens is 1. The van der Waals surface area contributed by atoms with Gasteiger partial charge in [0.05, 0.1) is 16.2 Å². The molecule has 1 aliphatic rings. The van der Waals surface area contributed by atoms with Crippen molar-refractivity contribution in [2.24, 2.45) is 5.92 Å². The van der Waals surface area contributed by atoms with Gasteiger partial charge in [0.25, 0.3) is 5.91 Å². The zero-order valence-electron chi connectivity index (χ0n) is 18.1. The van der Waals surface area contributed by atoms with Crippen LogP contribution >= 0.6 is 0 Å². The SMILES string of the molecule is O=C(c1ccc(CS(=O)(=O)c2cccc3cccnc23)cc1)N1CC(Cc2ccccc2)C1. The smallest absolute Gasteiger partial charge is 0.253 e. The Balaban J connectivity index is 1.24. The number of likely N-dealkylation sites (tertiary alicyclic amines) is 1. The number of carbonyl (C=O) groups is 1. The van der Waals surface area contributed by atoms with Crippen molar-refractivity contribution in [3.63, 3.8) is 0 Å². The van der Waals surface area contributed by atoms with Gasteiger partial charge in [-0.25, -0.2) is 8.42 Å². The molecule has 1 saturated heterocycles. The molecule has 0 saturated carbocycles. The van der Waals surface area contributed by atoms with Crippen molar-refractivity contribution in [2.75, 3.05) is 13.1 Å². The molecule has 5 rings (SSSR count). The summed E-state index contributed by atoms with van der Waals surface area (Å²) < 4.78 is 26.1. The highest BCUT2D eigenvalue weighted by molar-refractivity contribution is 7.90. The van der Waals surface area contributed by atoms with Gasteiger partial charge in [-0.1, -0.05) is 60.7 Å². The van der Waals surface area contributed by atoms with E-state index in [1.54, 1.807) is 48.7 Å².